The summed E-state index contributed by atoms with van der Waals surface area (Å²) in [5.74, 6) is 0.731. The van der Waals surface area contributed by atoms with E-state index in [-0.39, 0.29) is 12.5 Å². The number of benzene rings is 2. The first-order chi connectivity index (χ1) is 16.3. The largest absolute Gasteiger partial charge is 0.485 e. The molecule has 3 rings (SSSR count). The van der Waals surface area contributed by atoms with E-state index in [1.807, 2.05) is 26.8 Å². The van der Waals surface area contributed by atoms with Crippen molar-refractivity contribution in [2.75, 3.05) is 6.61 Å². The number of aliphatic hydroxyl groups is 2. The Morgan fingerprint density at radius 3 is 2.29 bits per heavy atom. The summed E-state index contributed by atoms with van der Waals surface area (Å²) in [5.41, 5.74) is 1.54. The van der Waals surface area contributed by atoms with Gasteiger partial charge in [-0.25, -0.2) is 4.98 Å². The molecule has 0 bridgehead atoms. The van der Waals surface area contributed by atoms with Gasteiger partial charge in [0.1, 0.15) is 16.4 Å². The predicted molar refractivity (Wildman–Crippen MR) is 134 cm³/mol. The minimum atomic E-state index is -4.38. The van der Waals surface area contributed by atoms with Gasteiger partial charge in [-0.15, -0.1) is 11.3 Å². The van der Waals surface area contributed by atoms with Crippen molar-refractivity contribution in [3.05, 3.63) is 75.8 Å². The average Bonchev–Trinajstić information content (AvgIpc) is 3.23. The van der Waals surface area contributed by atoms with Crippen LogP contribution in [-0.4, -0.2) is 27.4 Å². The Labute approximate surface area is 207 Å². The molecule has 1 heterocycles. The number of aromatic nitrogens is 1. The summed E-state index contributed by atoms with van der Waals surface area (Å²) in [7, 11) is 0. The fraction of sp³-hybridized carbons (Fsp3) is 0.370. The predicted octanol–water partition coefficient (Wildman–Crippen LogP) is 7.16. The zero-order valence-corrected chi connectivity index (χ0v) is 21.2. The van der Waals surface area contributed by atoms with Crippen LogP contribution in [0, 0.1) is 6.92 Å². The van der Waals surface area contributed by atoms with Gasteiger partial charge in [0.05, 0.1) is 28.8 Å². The van der Waals surface area contributed by atoms with Crippen LogP contribution in [0.3, 0.4) is 0 Å². The van der Waals surface area contributed by atoms with E-state index in [1.54, 1.807) is 38.1 Å². The molecule has 4 nitrogen and oxygen atoms in total. The van der Waals surface area contributed by atoms with Gasteiger partial charge in [-0.3, -0.25) is 0 Å². The average molecular weight is 506 g/mol. The number of nitrogens with zero attached hydrogens (tertiary/aromatic N) is 1. The van der Waals surface area contributed by atoms with Gasteiger partial charge in [0.25, 0.3) is 0 Å². The summed E-state index contributed by atoms with van der Waals surface area (Å²) in [5, 5.41) is 20.8. The Hall–Kier alpha value is -2.68. The molecule has 3 aromatic rings. The maximum absolute atomic E-state index is 12.9. The van der Waals surface area contributed by atoms with Gasteiger partial charge in [0, 0.05) is 5.56 Å². The highest BCUT2D eigenvalue weighted by Gasteiger charge is 2.30. The lowest BCUT2D eigenvalue weighted by atomic mass is 10.0. The summed E-state index contributed by atoms with van der Waals surface area (Å²) in [6.45, 7) is 9.32. The molecule has 0 saturated heterocycles. The maximum atomic E-state index is 12.9. The maximum Gasteiger partial charge on any atom is 0.416 e. The minimum Gasteiger partial charge on any atom is -0.485 e. The van der Waals surface area contributed by atoms with Crippen LogP contribution in [0.2, 0.25) is 0 Å². The quantitative estimate of drug-likeness (QED) is 0.341. The van der Waals surface area contributed by atoms with Crippen molar-refractivity contribution in [1.29, 1.82) is 0 Å². The Morgan fingerprint density at radius 2 is 1.74 bits per heavy atom. The van der Waals surface area contributed by atoms with E-state index in [0.29, 0.717) is 21.9 Å². The molecule has 1 unspecified atom stereocenters. The van der Waals surface area contributed by atoms with Gasteiger partial charge in [0.15, 0.2) is 0 Å². The third-order valence-electron chi connectivity index (χ3n) is 5.42. The highest BCUT2D eigenvalue weighted by Crippen LogP contribution is 2.36. The Balaban J connectivity index is 1.83. The monoisotopic (exact) mass is 505 g/mol. The van der Waals surface area contributed by atoms with E-state index in [2.05, 4.69) is 4.98 Å². The van der Waals surface area contributed by atoms with Gasteiger partial charge in [-0.05, 0) is 68.2 Å². The molecule has 2 N–H and O–H groups in total. The molecule has 0 aliphatic heterocycles. The molecule has 0 aliphatic carbocycles. The molecule has 188 valence electrons. The molecular weight excluding hydrogens is 475 g/mol. The van der Waals surface area contributed by atoms with Gasteiger partial charge in [-0.1, -0.05) is 38.1 Å². The SMILES string of the molecule is Cc1cc(C(O)C=Cc2sc(-c3ccc(C(F)(F)F)cc3)nc2C(C)C)ccc1OC(C)(C)CO. The lowest BCUT2D eigenvalue weighted by Crippen LogP contribution is -2.32. The molecule has 0 saturated carbocycles. The summed E-state index contributed by atoms with van der Waals surface area (Å²) in [4.78, 5) is 5.50. The molecule has 8 heteroatoms. The standard InChI is InChI=1S/C27H30F3NO3S/c1-16(2)24-23(35-25(31-24)18-6-9-20(10-7-18)27(28,29)30)13-11-21(33)19-8-12-22(17(3)14-19)34-26(4,5)15-32/h6-14,16,21,32-33H,15H2,1-5H3. The lowest BCUT2D eigenvalue weighted by molar-refractivity contribution is -0.137. The molecule has 1 aromatic heterocycles. The molecule has 0 spiro atoms. The molecule has 0 amide bonds. The highest BCUT2D eigenvalue weighted by atomic mass is 32.1. The van der Waals surface area contributed by atoms with E-state index in [4.69, 9.17) is 4.74 Å². The number of halogens is 3. The smallest absolute Gasteiger partial charge is 0.416 e. The summed E-state index contributed by atoms with van der Waals surface area (Å²) in [6, 6.07) is 10.4. The van der Waals surface area contributed by atoms with E-state index in [0.717, 1.165) is 28.3 Å². The number of ether oxygens (including phenoxy) is 1. The summed E-state index contributed by atoms with van der Waals surface area (Å²) >= 11 is 1.37. The van der Waals surface area contributed by atoms with E-state index in [9.17, 15) is 23.4 Å². The number of aryl methyl sites for hydroxylation is 1. The zero-order chi connectivity index (χ0) is 26.0. The van der Waals surface area contributed by atoms with Gasteiger partial charge < -0.3 is 14.9 Å². The van der Waals surface area contributed by atoms with Crippen molar-refractivity contribution in [1.82, 2.24) is 4.98 Å². The van der Waals surface area contributed by atoms with Crippen LogP contribution in [-0.2, 0) is 6.18 Å². The fourth-order valence-corrected chi connectivity index (χ4v) is 4.53. The van der Waals surface area contributed by atoms with Gasteiger partial charge >= 0.3 is 6.18 Å². The lowest BCUT2D eigenvalue weighted by Gasteiger charge is -2.25. The highest BCUT2D eigenvalue weighted by molar-refractivity contribution is 7.16. The van der Waals surface area contributed by atoms with Crippen LogP contribution < -0.4 is 4.74 Å². The third kappa shape index (κ3) is 6.72. The number of hydrogen-bond acceptors (Lipinski definition) is 5. The van der Waals surface area contributed by atoms with Crippen LogP contribution in [0.15, 0.2) is 48.5 Å². The van der Waals surface area contributed by atoms with Crippen molar-refractivity contribution in [3.8, 4) is 16.3 Å². The van der Waals surface area contributed by atoms with E-state index < -0.39 is 23.4 Å². The number of thiazole rings is 1. The van der Waals surface area contributed by atoms with Crippen LogP contribution in [0.4, 0.5) is 13.2 Å². The number of alkyl halides is 3. The second-order valence-electron chi connectivity index (χ2n) is 9.35. The van der Waals surface area contributed by atoms with Crippen LogP contribution >= 0.6 is 11.3 Å². The Bertz CT molecular complexity index is 1180. The van der Waals surface area contributed by atoms with Crippen LogP contribution in [0.1, 0.15) is 67.0 Å². The molecular formula is C27H30F3NO3S. The van der Waals surface area contributed by atoms with E-state index in [1.165, 1.54) is 23.5 Å². The van der Waals surface area contributed by atoms with Crippen LogP contribution in [0.5, 0.6) is 5.75 Å². The molecule has 0 radical (unpaired) electrons. The Kier molecular flexibility index (Phi) is 8.09. The molecule has 2 aromatic carbocycles. The first kappa shape index (κ1) is 26.9. The second-order valence-corrected chi connectivity index (χ2v) is 10.4. The first-order valence-corrected chi connectivity index (χ1v) is 12.1. The van der Waals surface area contributed by atoms with Crippen molar-refractivity contribution in [2.24, 2.45) is 0 Å². The normalized spacial score (nSPS) is 13.6. The fourth-order valence-electron chi connectivity index (χ4n) is 3.39. The van der Waals surface area contributed by atoms with Crippen molar-refractivity contribution < 1.29 is 28.1 Å². The zero-order valence-electron chi connectivity index (χ0n) is 20.3. The van der Waals surface area contributed by atoms with Gasteiger partial charge in [-0.2, -0.15) is 13.2 Å². The van der Waals surface area contributed by atoms with Gasteiger partial charge in [0.2, 0.25) is 0 Å². The molecule has 0 aliphatic rings. The van der Waals surface area contributed by atoms with Crippen molar-refractivity contribution in [3.63, 3.8) is 0 Å². The Morgan fingerprint density at radius 1 is 1.09 bits per heavy atom. The second kappa shape index (κ2) is 10.5. The summed E-state index contributed by atoms with van der Waals surface area (Å²) < 4.78 is 44.5. The molecule has 1 atom stereocenters. The molecule has 35 heavy (non-hydrogen) atoms. The number of rotatable bonds is 8. The van der Waals surface area contributed by atoms with E-state index >= 15 is 0 Å². The molecule has 0 fully saturated rings. The number of hydrogen-bond donors (Lipinski definition) is 2. The minimum absolute atomic E-state index is 0.0970. The van der Waals surface area contributed by atoms with Crippen LogP contribution in [0.25, 0.3) is 16.6 Å². The van der Waals surface area contributed by atoms with Crippen molar-refractivity contribution >= 4 is 17.4 Å². The van der Waals surface area contributed by atoms with Crippen molar-refractivity contribution in [2.45, 2.75) is 58.4 Å². The number of aliphatic hydroxyl groups excluding tert-OH is 2. The summed E-state index contributed by atoms with van der Waals surface area (Å²) in [6.07, 6.45) is -1.78. The topological polar surface area (TPSA) is 62.6 Å². The third-order valence-corrected chi connectivity index (χ3v) is 6.51. The first-order valence-electron chi connectivity index (χ1n) is 11.3.